The molecule has 0 fully saturated rings. The average molecular weight is 511 g/mol. The van der Waals surface area contributed by atoms with Crippen LogP contribution < -0.4 is 15.0 Å². The largest absolute Gasteiger partial charge is 0.497 e. The van der Waals surface area contributed by atoms with Crippen LogP contribution in [0.15, 0.2) is 79.0 Å². The van der Waals surface area contributed by atoms with Crippen molar-refractivity contribution in [2.75, 3.05) is 38.0 Å². The molecule has 198 valence electrons. The van der Waals surface area contributed by atoms with Crippen LogP contribution in [0.2, 0.25) is 0 Å². The minimum absolute atomic E-state index is 0.0726. The third kappa shape index (κ3) is 6.62. The molecule has 3 aromatic carbocycles. The number of aryl methyl sites for hydroxylation is 1. The summed E-state index contributed by atoms with van der Waals surface area (Å²) in [6.07, 6.45) is 3.59. The van der Waals surface area contributed by atoms with Gasteiger partial charge in [-0.1, -0.05) is 36.4 Å². The van der Waals surface area contributed by atoms with Crippen LogP contribution in [-0.4, -0.2) is 49.6 Å². The van der Waals surface area contributed by atoms with Crippen LogP contribution in [0.3, 0.4) is 0 Å². The number of pyridine rings is 1. The first-order valence-electron chi connectivity index (χ1n) is 13.2. The molecular formula is C32H38N4O2. The van der Waals surface area contributed by atoms with Crippen LogP contribution in [0.1, 0.15) is 41.3 Å². The monoisotopic (exact) mass is 510 g/mol. The number of carbonyl (C=O) groups is 1. The summed E-state index contributed by atoms with van der Waals surface area (Å²) in [5.41, 5.74) is 5.91. The Kier molecular flexibility index (Phi) is 8.85. The van der Waals surface area contributed by atoms with Gasteiger partial charge in [0.1, 0.15) is 5.75 Å². The standard InChI is InChI=1S/C32H38N4O2/c1-23-10-6-7-13-29(23)32(37)36(22-25-14-16-27(17-15-25)35(3)4)19-9-11-24(2)34-30-21-28(38-5)20-26-12-8-18-33-31(26)30/h6-8,10,12-18,20-21,24,34H,9,11,19,22H2,1-5H3. The fourth-order valence-electron chi connectivity index (χ4n) is 4.67. The van der Waals surface area contributed by atoms with Crippen molar-refractivity contribution in [3.8, 4) is 5.75 Å². The predicted molar refractivity (Wildman–Crippen MR) is 157 cm³/mol. The minimum Gasteiger partial charge on any atom is -0.497 e. The van der Waals surface area contributed by atoms with Crippen molar-refractivity contribution in [2.45, 2.75) is 39.3 Å². The third-order valence-corrected chi connectivity index (χ3v) is 6.87. The fraction of sp³-hybridized carbons (Fsp3) is 0.312. The van der Waals surface area contributed by atoms with E-state index in [1.807, 2.05) is 80.6 Å². The maximum atomic E-state index is 13.6. The smallest absolute Gasteiger partial charge is 0.254 e. The summed E-state index contributed by atoms with van der Waals surface area (Å²) in [6.45, 7) is 5.41. The number of ether oxygens (including phenoxy) is 1. The van der Waals surface area contributed by atoms with E-state index in [-0.39, 0.29) is 11.9 Å². The first-order valence-corrected chi connectivity index (χ1v) is 13.2. The Morgan fingerprint density at radius 3 is 2.50 bits per heavy atom. The topological polar surface area (TPSA) is 57.7 Å². The summed E-state index contributed by atoms with van der Waals surface area (Å²) in [5.74, 6) is 0.874. The van der Waals surface area contributed by atoms with Gasteiger partial charge in [0, 0.05) is 62.1 Å². The zero-order chi connectivity index (χ0) is 27.1. The second kappa shape index (κ2) is 12.5. The maximum Gasteiger partial charge on any atom is 0.254 e. The van der Waals surface area contributed by atoms with Gasteiger partial charge in [-0.15, -0.1) is 0 Å². The van der Waals surface area contributed by atoms with Crippen LogP contribution in [0.4, 0.5) is 11.4 Å². The van der Waals surface area contributed by atoms with E-state index in [1.165, 1.54) is 0 Å². The number of nitrogens with zero attached hydrogens (tertiary/aromatic N) is 3. The van der Waals surface area contributed by atoms with E-state index in [2.05, 4.69) is 46.4 Å². The minimum atomic E-state index is 0.0726. The van der Waals surface area contributed by atoms with Gasteiger partial charge in [-0.3, -0.25) is 9.78 Å². The van der Waals surface area contributed by atoms with Gasteiger partial charge in [-0.25, -0.2) is 0 Å². The Hall–Kier alpha value is -4.06. The van der Waals surface area contributed by atoms with Crippen molar-refractivity contribution < 1.29 is 9.53 Å². The van der Waals surface area contributed by atoms with Crippen LogP contribution >= 0.6 is 0 Å². The molecule has 6 heteroatoms. The molecule has 38 heavy (non-hydrogen) atoms. The highest BCUT2D eigenvalue weighted by Gasteiger charge is 2.18. The zero-order valence-corrected chi connectivity index (χ0v) is 23.1. The Bertz CT molecular complexity index is 1370. The lowest BCUT2D eigenvalue weighted by Crippen LogP contribution is -2.32. The molecule has 1 aromatic heterocycles. The Labute approximate surface area is 226 Å². The number of anilines is 2. The molecule has 0 aliphatic rings. The van der Waals surface area contributed by atoms with Gasteiger partial charge in [0.2, 0.25) is 0 Å². The molecule has 0 spiro atoms. The molecule has 1 amide bonds. The third-order valence-electron chi connectivity index (χ3n) is 6.87. The number of hydrogen-bond donors (Lipinski definition) is 1. The number of hydrogen-bond acceptors (Lipinski definition) is 5. The number of fused-ring (bicyclic) bond motifs is 1. The van der Waals surface area contributed by atoms with Crippen LogP contribution in [0, 0.1) is 6.92 Å². The van der Waals surface area contributed by atoms with Crippen molar-refractivity contribution in [1.29, 1.82) is 0 Å². The predicted octanol–water partition coefficient (Wildman–Crippen LogP) is 6.54. The molecule has 1 atom stereocenters. The molecule has 6 nitrogen and oxygen atoms in total. The molecule has 0 radical (unpaired) electrons. The number of methoxy groups -OCH3 is 1. The first-order chi connectivity index (χ1) is 18.4. The van der Waals surface area contributed by atoms with Crippen molar-refractivity contribution in [1.82, 2.24) is 9.88 Å². The summed E-state index contributed by atoms with van der Waals surface area (Å²) in [7, 11) is 5.74. The van der Waals surface area contributed by atoms with E-state index in [0.29, 0.717) is 13.1 Å². The lowest BCUT2D eigenvalue weighted by Gasteiger charge is -2.25. The number of benzene rings is 3. The second-order valence-corrected chi connectivity index (χ2v) is 10.0. The highest BCUT2D eigenvalue weighted by Crippen LogP contribution is 2.28. The van der Waals surface area contributed by atoms with E-state index >= 15 is 0 Å². The Balaban J connectivity index is 1.45. The summed E-state index contributed by atoms with van der Waals surface area (Å²) < 4.78 is 5.50. The molecule has 1 unspecified atom stereocenters. The number of carbonyl (C=O) groups excluding carboxylic acids is 1. The van der Waals surface area contributed by atoms with Crippen molar-refractivity contribution in [2.24, 2.45) is 0 Å². The molecule has 0 bridgehead atoms. The molecule has 0 aliphatic heterocycles. The Morgan fingerprint density at radius 1 is 1.03 bits per heavy atom. The average Bonchev–Trinajstić information content (AvgIpc) is 2.92. The van der Waals surface area contributed by atoms with Gasteiger partial charge in [0.05, 0.1) is 18.3 Å². The Morgan fingerprint density at radius 2 is 1.79 bits per heavy atom. The quantitative estimate of drug-likeness (QED) is 0.248. The zero-order valence-electron chi connectivity index (χ0n) is 23.1. The van der Waals surface area contributed by atoms with Gasteiger partial charge < -0.3 is 19.9 Å². The van der Waals surface area contributed by atoms with E-state index < -0.39 is 0 Å². The molecule has 4 aromatic rings. The van der Waals surface area contributed by atoms with Gasteiger partial charge in [-0.2, -0.15) is 0 Å². The van der Waals surface area contributed by atoms with Crippen molar-refractivity contribution in [3.63, 3.8) is 0 Å². The molecule has 0 aliphatic carbocycles. The van der Waals surface area contributed by atoms with Crippen LogP contribution in [-0.2, 0) is 6.54 Å². The summed E-state index contributed by atoms with van der Waals surface area (Å²) in [6, 6.07) is 24.4. The van der Waals surface area contributed by atoms with E-state index in [0.717, 1.165) is 57.6 Å². The van der Waals surface area contributed by atoms with E-state index in [9.17, 15) is 4.79 Å². The SMILES string of the molecule is COc1cc(NC(C)CCCN(Cc2ccc(N(C)C)cc2)C(=O)c2ccccc2C)c2ncccc2c1. The van der Waals surface area contributed by atoms with Gasteiger partial charge >= 0.3 is 0 Å². The molecule has 4 rings (SSSR count). The summed E-state index contributed by atoms with van der Waals surface area (Å²) in [5, 5.41) is 4.66. The van der Waals surface area contributed by atoms with Crippen LogP contribution in [0.25, 0.3) is 10.9 Å². The molecule has 1 N–H and O–H groups in total. The first kappa shape index (κ1) is 27.0. The van der Waals surface area contributed by atoms with E-state index in [1.54, 1.807) is 7.11 Å². The maximum absolute atomic E-state index is 13.6. The highest BCUT2D eigenvalue weighted by molar-refractivity contribution is 5.95. The highest BCUT2D eigenvalue weighted by atomic mass is 16.5. The number of aromatic nitrogens is 1. The van der Waals surface area contributed by atoms with E-state index in [4.69, 9.17) is 4.74 Å². The molecule has 0 saturated heterocycles. The number of rotatable bonds is 11. The molecule has 1 heterocycles. The summed E-state index contributed by atoms with van der Waals surface area (Å²) in [4.78, 5) is 22.2. The van der Waals surface area contributed by atoms with Crippen LogP contribution in [0.5, 0.6) is 5.75 Å². The van der Waals surface area contributed by atoms with Gasteiger partial charge in [0.25, 0.3) is 5.91 Å². The molecular weight excluding hydrogens is 472 g/mol. The second-order valence-electron chi connectivity index (χ2n) is 10.0. The molecule has 0 saturated carbocycles. The number of amides is 1. The number of nitrogens with one attached hydrogen (secondary N) is 1. The lowest BCUT2D eigenvalue weighted by molar-refractivity contribution is 0.0739. The normalized spacial score (nSPS) is 11.7. The van der Waals surface area contributed by atoms with Crippen molar-refractivity contribution in [3.05, 3.63) is 95.7 Å². The van der Waals surface area contributed by atoms with Gasteiger partial charge in [-0.05, 0) is 68.1 Å². The van der Waals surface area contributed by atoms with Crippen molar-refractivity contribution >= 4 is 28.2 Å². The fourth-order valence-corrected chi connectivity index (χ4v) is 4.67. The summed E-state index contributed by atoms with van der Waals surface area (Å²) >= 11 is 0. The van der Waals surface area contributed by atoms with Gasteiger partial charge in [0.15, 0.2) is 0 Å². The lowest BCUT2D eigenvalue weighted by atomic mass is 10.1.